The van der Waals surface area contributed by atoms with E-state index >= 15 is 0 Å². The smallest absolute Gasteiger partial charge is 0.411 e. The highest BCUT2D eigenvalue weighted by Crippen LogP contribution is 2.33. The van der Waals surface area contributed by atoms with Crippen LogP contribution in [0.5, 0.6) is 0 Å². The first-order valence-electron chi connectivity index (χ1n) is 14.1. The number of nitrogens with one attached hydrogen (secondary N) is 1. The van der Waals surface area contributed by atoms with Crippen LogP contribution in [-0.2, 0) is 33.9 Å². The molecule has 8 nitrogen and oxygen atoms in total. The summed E-state index contributed by atoms with van der Waals surface area (Å²) in [5.74, 6) is 0.112. The molecule has 0 unspecified atom stereocenters. The van der Waals surface area contributed by atoms with E-state index in [1.807, 2.05) is 53.4 Å². The zero-order chi connectivity index (χ0) is 29.4. The van der Waals surface area contributed by atoms with Crippen LogP contribution in [0.2, 0.25) is 0 Å². The lowest BCUT2D eigenvalue weighted by atomic mass is 9.91. The van der Waals surface area contributed by atoms with Crippen molar-refractivity contribution in [2.45, 2.75) is 46.8 Å². The van der Waals surface area contributed by atoms with Gasteiger partial charge in [-0.25, -0.2) is 4.79 Å². The summed E-state index contributed by atoms with van der Waals surface area (Å²) >= 11 is 0. The van der Waals surface area contributed by atoms with Crippen molar-refractivity contribution < 1.29 is 19.1 Å². The van der Waals surface area contributed by atoms with E-state index in [4.69, 9.17) is 15.2 Å². The van der Waals surface area contributed by atoms with E-state index in [2.05, 4.69) is 49.2 Å². The third kappa shape index (κ3) is 8.55. The lowest BCUT2D eigenvalue weighted by Crippen LogP contribution is -2.36. The second kappa shape index (κ2) is 13.7. The Bertz CT molecular complexity index is 1350. The Hall–Kier alpha value is -3.88. The van der Waals surface area contributed by atoms with Crippen LogP contribution in [0.25, 0.3) is 11.1 Å². The number of ether oxygens (including phenoxy) is 2. The normalized spacial score (nSPS) is 13.5. The highest BCUT2D eigenvalue weighted by atomic mass is 16.5. The van der Waals surface area contributed by atoms with Gasteiger partial charge in [0.2, 0.25) is 5.91 Å². The molecule has 3 aromatic carbocycles. The molecule has 1 fully saturated rings. The van der Waals surface area contributed by atoms with Gasteiger partial charge in [0, 0.05) is 39.1 Å². The van der Waals surface area contributed by atoms with Crippen LogP contribution in [0.3, 0.4) is 0 Å². The Kier molecular flexibility index (Phi) is 10.0. The number of hydrogen-bond donors (Lipinski definition) is 2. The van der Waals surface area contributed by atoms with E-state index in [0.29, 0.717) is 45.0 Å². The van der Waals surface area contributed by atoms with E-state index in [1.54, 1.807) is 0 Å². The number of amides is 2. The van der Waals surface area contributed by atoms with Gasteiger partial charge >= 0.3 is 6.09 Å². The van der Waals surface area contributed by atoms with Crippen molar-refractivity contribution >= 4 is 23.4 Å². The fourth-order valence-corrected chi connectivity index (χ4v) is 5.00. The molecule has 0 atom stereocenters. The third-order valence-corrected chi connectivity index (χ3v) is 7.04. The third-order valence-electron chi connectivity index (χ3n) is 7.04. The van der Waals surface area contributed by atoms with Crippen LogP contribution in [-0.4, -0.2) is 50.3 Å². The lowest BCUT2D eigenvalue weighted by Gasteiger charge is -2.30. The Labute approximate surface area is 243 Å². The van der Waals surface area contributed by atoms with Gasteiger partial charge in [0.1, 0.15) is 0 Å². The maximum atomic E-state index is 13.5. The Morgan fingerprint density at radius 1 is 0.927 bits per heavy atom. The number of hydrogen-bond acceptors (Lipinski definition) is 6. The summed E-state index contributed by atoms with van der Waals surface area (Å²) in [5, 5.41) is 2.88. The molecule has 0 radical (unpaired) electrons. The van der Waals surface area contributed by atoms with Gasteiger partial charge in [-0.1, -0.05) is 69.3 Å². The minimum Gasteiger partial charge on any atom is -0.453 e. The average molecular weight is 559 g/mol. The highest BCUT2D eigenvalue weighted by Gasteiger charge is 2.22. The zero-order valence-electron chi connectivity index (χ0n) is 24.6. The first kappa shape index (κ1) is 30.1. The van der Waals surface area contributed by atoms with Crippen molar-refractivity contribution in [2.75, 3.05) is 43.6 Å². The Balaban J connectivity index is 1.62. The molecule has 8 heteroatoms. The molecular formula is C33H42N4O4. The molecule has 1 aliphatic heterocycles. The number of morpholine rings is 1. The van der Waals surface area contributed by atoms with Gasteiger partial charge in [-0.15, -0.1) is 0 Å². The van der Waals surface area contributed by atoms with Crippen LogP contribution < -0.4 is 16.0 Å². The molecular weight excluding hydrogens is 516 g/mol. The quantitative estimate of drug-likeness (QED) is 0.345. The fourth-order valence-electron chi connectivity index (χ4n) is 5.00. The van der Waals surface area contributed by atoms with E-state index in [9.17, 15) is 9.59 Å². The number of carbonyl (C=O) groups excluding carboxylic acids is 2. The van der Waals surface area contributed by atoms with Crippen LogP contribution in [0.4, 0.5) is 16.2 Å². The number of carbonyl (C=O) groups is 2. The van der Waals surface area contributed by atoms with Crippen LogP contribution in [0.15, 0.2) is 66.7 Å². The summed E-state index contributed by atoms with van der Waals surface area (Å²) in [6.07, 6.45) is -0.0634. The average Bonchev–Trinajstić information content (AvgIpc) is 2.96. The number of nitrogens with zero attached hydrogens (tertiary/aromatic N) is 2. The Morgan fingerprint density at radius 2 is 1.56 bits per heavy atom. The molecule has 0 saturated carbocycles. The van der Waals surface area contributed by atoms with Crippen molar-refractivity contribution in [1.82, 2.24) is 4.90 Å². The van der Waals surface area contributed by atoms with Crippen LogP contribution in [0, 0.1) is 5.41 Å². The summed E-state index contributed by atoms with van der Waals surface area (Å²) in [6.45, 7) is 10.5. The first-order valence-corrected chi connectivity index (χ1v) is 14.1. The SMILES string of the molecule is COC(=O)Nc1cc(-c2cccc(CN(Cc3cccc(CN)c3)C(=O)CC(C)(C)C)c2)ccc1N1CCOCC1. The molecule has 0 aromatic heterocycles. The summed E-state index contributed by atoms with van der Waals surface area (Å²) in [7, 11) is 1.36. The second-order valence-corrected chi connectivity index (χ2v) is 11.7. The monoisotopic (exact) mass is 558 g/mol. The van der Waals surface area contributed by atoms with Crippen LogP contribution in [0.1, 0.15) is 43.9 Å². The van der Waals surface area contributed by atoms with Gasteiger partial charge in [0.05, 0.1) is 31.7 Å². The molecule has 2 amide bonds. The molecule has 218 valence electrons. The summed E-state index contributed by atoms with van der Waals surface area (Å²) < 4.78 is 10.4. The van der Waals surface area contributed by atoms with Crippen molar-refractivity contribution in [2.24, 2.45) is 11.1 Å². The van der Waals surface area contributed by atoms with Gasteiger partial charge in [0.15, 0.2) is 0 Å². The van der Waals surface area contributed by atoms with Gasteiger partial charge < -0.3 is 25.0 Å². The molecule has 0 spiro atoms. The van der Waals surface area contributed by atoms with E-state index in [1.165, 1.54) is 7.11 Å². The van der Waals surface area contributed by atoms with Gasteiger partial charge in [-0.05, 0) is 51.4 Å². The van der Waals surface area contributed by atoms with Gasteiger partial charge in [-0.3, -0.25) is 10.1 Å². The van der Waals surface area contributed by atoms with E-state index in [0.717, 1.165) is 46.6 Å². The molecule has 1 aliphatic rings. The fraction of sp³-hybridized carbons (Fsp3) is 0.394. The summed E-state index contributed by atoms with van der Waals surface area (Å²) in [6, 6.07) is 22.4. The molecule has 41 heavy (non-hydrogen) atoms. The summed E-state index contributed by atoms with van der Waals surface area (Å²) in [5.41, 5.74) is 12.4. The largest absolute Gasteiger partial charge is 0.453 e. The predicted molar refractivity (Wildman–Crippen MR) is 164 cm³/mol. The maximum Gasteiger partial charge on any atom is 0.411 e. The second-order valence-electron chi connectivity index (χ2n) is 11.7. The molecule has 1 saturated heterocycles. The zero-order valence-corrected chi connectivity index (χ0v) is 24.6. The van der Waals surface area contributed by atoms with Crippen molar-refractivity contribution in [3.05, 3.63) is 83.4 Å². The maximum absolute atomic E-state index is 13.5. The number of rotatable bonds is 9. The molecule has 3 aromatic rings. The summed E-state index contributed by atoms with van der Waals surface area (Å²) in [4.78, 5) is 29.8. The molecule has 0 bridgehead atoms. The topological polar surface area (TPSA) is 97.1 Å². The predicted octanol–water partition coefficient (Wildman–Crippen LogP) is 5.79. The molecule has 4 rings (SSSR count). The number of methoxy groups -OCH3 is 1. The molecule has 0 aliphatic carbocycles. The lowest BCUT2D eigenvalue weighted by molar-refractivity contribution is -0.134. The number of nitrogens with two attached hydrogens (primary N) is 1. The van der Waals surface area contributed by atoms with Crippen molar-refractivity contribution in [3.8, 4) is 11.1 Å². The van der Waals surface area contributed by atoms with E-state index < -0.39 is 6.09 Å². The van der Waals surface area contributed by atoms with Crippen molar-refractivity contribution in [1.29, 1.82) is 0 Å². The Morgan fingerprint density at radius 3 is 2.22 bits per heavy atom. The molecule has 3 N–H and O–H groups in total. The standard InChI is InChI=1S/C33H42N4O4/c1-33(2,3)20-31(38)37(22-25-8-5-7-24(17-25)21-34)23-26-9-6-10-27(18-26)28-11-12-30(36-13-15-41-16-14-36)29(19-28)35-32(39)40-4/h5-12,17-19H,13-16,20-23,34H2,1-4H3,(H,35,39). The highest BCUT2D eigenvalue weighted by molar-refractivity contribution is 5.91. The van der Waals surface area contributed by atoms with Gasteiger partial charge in [0.25, 0.3) is 0 Å². The molecule has 1 heterocycles. The number of benzene rings is 3. The number of anilines is 2. The van der Waals surface area contributed by atoms with E-state index in [-0.39, 0.29) is 11.3 Å². The van der Waals surface area contributed by atoms with Gasteiger partial charge in [-0.2, -0.15) is 0 Å². The van der Waals surface area contributed by atoms with Crippen molar-refractivity contribution in [3.63, 3.8) is 0 Å². The minimum atomic E-state index is -0.517. The van der Waals surface area contributed by atoms with Crippen LogP contribution >= 0.6 is 0 Å². The first-order chi connectivity index (χ1) is 19.6. The minimum absolute atomic E-state index is 0.112.